The molecular weight excluding hydrogens is 346 g/mol. The van der Waals surface area contributed by atoms with Crippen LogP contribution < -0.4 is 5.32 Å². The van der Waals surface area contributed by atoms with Crippen molar-refractivity contribution in [3.8, 4) is 0 Å². The maximum Gasteiger partial charge on any atom is 0.243 e. The van der Waals surface area contributed by atoms with E-state index in [2.05, 4.69) is 58.4 Å². The quantitative estimate of drug-likeness (QED) is 0.510. The summed E-state index contributed by atoms with van der Waals surface area (Å²) >= 11 is 0. The lowest BCUT2D eigenvalue weighted by Gasteiger charge is -2.12. The van der Waals surface area contributed by atoms with Gasteiger partial charge in [-0.15, -0.1) is 0 Å². The number of imidazole rings is 1. The highest BCUT2D eigenvalue weighted by molar-refractivity contribution is 5.87. The minimum atomic E-state index is -0.0702. The molecule has 0 unspecified atom stereocenters. The number of rotatable bonds is 6. The van der Waals surface area contributed by atoms with Gasteiger partial charge in [-0.3, -0.25) is 4.79 Å². The van der Waals surface area contributed by atoms with E-state index in [0.29, 0.717) is 13.0 Å². The van der Waals surface area contributed by atoms with Crippen LogP contribution in [0.25, 0.3) is 21.8 Å². The predicted molar refractivity (Wildman–Crippen MR) is 114 cm³/mol. The number of carbonyl (C=O) groups is 1. The summed E-state index contributed by atoms with van der Waals surface area (Å²) < 4.78 is 2.26. The third kappa shape index (κ3) is 3.67. The second-order valence-electron chi connectivity index (χ2n) is 6.78. The molecule has 0 bridgehead atoms. The molecule has 4 aromatic rings. The average Bonchev–Trinajstić information content (AvgIpc) is 3.06. The van der Waals surface area contributed by atoms with Gasteiger partial charge in [0.2, 0.25) is 5.91 Å². The van der Waals surface area contributed by atoms with Crippen molar-refractivity contribution in [2.45, 2.75) is 19.9 Å². The smallest absolute Gasteiger partial charge is 0.243 e. The van der Waals surface area contributed by atoms with Crippen molar-refractivity contribution < 1.29 is 4.79 Å². The van der Waals surface area contributed by atoms with Gasteiger partial charge in [0.1, 0.15) is 5.82 Å². The zero-order chi connectivity index (χ0) is 19.3. The van der Waals surface area contributed by atoms with Gasteiger partial charge in [0.25, 0.3) is 0 Å². The van der Waals surface area contributed by atoms with Crippen LogP contribution >= 0.6 is 0 Å². The molecule has 1 aromatic heterocycles. The number of fused-ring (bicyclic) bond motifs is 2. The van der Waals surface area contributed by atoms with E-state index in [1.54, 1.807) is 12.2 Å². The van der Waals surface area contributed by atoms with E-state index < -0.39 is 0 Å². The van der Waals surface area contributed by atoms with Crippen LogP contribution in [0, 0.1) is 0 Å². The van der Waals surface area contributed by atoms with Crippen LogP contribution in [0.15, 0.2) is 78.9 Å². The molecular formula is C24H23N3O. The molecule has 0 saturated heterocycles. The maximum absolute atomic E-state index is 11.7. The molecule has 1 N–H and O–H groups in total. The van der Waals surface area contributed by atoms with Crippen molar-refractivity contribution in [1.82, 2.24) is 14.9 Å². The molecule has 0 aliphatic rings. The molecule has 0 fully saturated rings. The summed E-state index contributed by atoms with van der Waals surface area (Å²) in [5, 5.41) is 5.42. The van der Waals surface area contributed by atoms with Crippen LogP contribution in [0.4, 0.5) is 0 Å². The lowest BCUT2D eigenvalue weighted by atomic mass is 10.0. The fourth-order valence-corrected chi connectivity index (χ4v) is 3.60. The third-order valence-corrected chi connectivity index (χ3v) is 4.91. The summed E-state index contributed by atoms with van der Waals surface area (Å²) in [5.41, 5.74) is 3.36. The second-order valence-corrected chi connectivity index (χ2v) is 6.78. The first kappa shape index (κ1) is 18.0. The van der Waals surface area contributed by atoms with Gasteiger partial charge in [-0.2, -0.15) is 0 Å². The lowest BCUT2D eigenvalue weighted by molar-refractivity contribution is -0.116. The molecule has 0 atom stereocenters. The van der Waals surface area contributed by atoms with E-state index in [9.17, 15) is 4.79 Å². The zero-order valence-electron chi connectivity index (χ0n) is 15.9. The van der Waals surface area contributed by atoms with E-state index in [-0.39, 0.29) is 5.91 Å². The number of nitrogens with zero attached hydrogens (tertiary/aromatic N) is 2. The fourth-order valence-electron chi connectivity index (χ4n) is 3.60. The van der Waals surface area contributed by atoms with Crippen molar-refractivity contribution in [1.29, 1.82) is 0 Å². The van der Waals surface area contributed by atoms with E-state index in [4.69, 9.17) is 4.98 Å². The van der Waals surface area contributed by atoms with Crippen LogP contribution in [-0.4, -0.2) is 22.0 Å². The molecule has 0 saturated carbocycles. The third-order valence-electron chi connectivity index (χ3n) is 4.91. The van der Waals surface area contributed by atoms with Crippen molar-refractivity contribution in [3.63, 3.8) is 0 Å². The Kier molecular flexibility index (Phi) is 5.20. The number of hydrogen-bond donors (Lipinski definition) is 1. The van der Waals surface area contributed by atoms with E-state index >= 15 is 0 Å². The molecule has 0 aliphatic heterocycles. The summed E-state index contributed by atoms with van der Waals surface area (Å²) in [6.07, 6.45) is 3.97. The Bertz CT molecular complexity index is 1150. The molecule has 140 valence electrons. The molecule has 0 spiro atoms. The molecule has 4 heteroatoms. The van der Waals surface area contributed by atoms with Crippen molar-refractivity contribution in [2.75, 3.05) is 6.54 Å². The number of hydrogen-bond acceptors (Lipinski definition) is 2. The van der Waals surface area contributed by atoms with E-state index in [1.165, 1.54) is 16.3 Å². The van der Waals surface area contributed by atoms with Crippen molar-refractivity contribution in [2.24, 2.45) is 0 Å². The molecule has 0 radical (unpaired) electrons. The maximum atomic E-state index is 11.7. The monoisotopic (exact) mass is 369 g/mol. The summed E-state index contributed by atoms with van der Waals surface area (Å²) in [6.45, 7) is 3.14. The van der Waals surface area contributed by atoms with Crippen LogP contribution in [0.2, 0.25) is 0 Å². The Labute approximate surface area is 164 Å². The van der Waals surface area contributed by atoms with Crippen LogP contribution in [0.5, 0.6) is 0 Å². The first-order valence-electron chi connectivity index (χ1n) is 9.57. The Morgan fingerprint density at radius 2 is 1.82 bits per heavy atom. The summed E-state index contributed by atoms with van der Waals surface area (Å²) in [6, 6.07) is 23.1. The van der Waals surface area contributed by atoms with E-state index in [0.717, 1.165) is 23.4 Å². The second kappa shape index (κ2) is 8.09. The number of benzene rings is 3. The number of aromatic nitrogens is 2. The van der Waals surface area contributed by atoms with Gasteiger partial charge in [-0.1, -0.05) is 60.7 Å². The molecule has 4 nitrogen and oxygen atoms in total. The molecule has 3 aromatic carbocycles. The largest absolute Gasteiger partial charge is 0.352 e. The highest BCUT2D eigenvalue weighted by atomic mass is 16.1. The highest BCUT2D eigenvalue weighted by Crippen LogP contribution is 2.23. The normalized spacial score (nSPS) is 11.5. The van der Waals surface area contributed by atoms with Gasteiger partial charge >= 0.3 is 0 Å². The highest BCUT2D eigenvalue weighted by Gasteiger charge is 2.12. The first-order chi connectivity index (χ1) is 13.8. The average molecular weight is 369 g/mol. The number of carbonyl (C=O) groups excluding carboxylic acids is 1. The van der Waals surface area contributed by atoms with Crippen LogP contribution in [0.1, 0.15) is 18.3 Å². The Hall–Kier alpha value is -3.40. The predicted octanol–water partition coefficient (Wildman–Crippen LogP) is 4.47. The van der Waals surface area contributed by atoms with Crippen LogP contribution in [-0.2, 0) is 17.8 Å². The molecule has 28 heavy (non-hydrogen) atoms. The Morgan fingerprint density at radius 3 is 2.71 bits per heavy atom. The standard InChI is InChI=1S/C24H23N3O/c1-2-8-24(28)25-16-15-23-26-21-13-5-6-14-22(21)27(23)17-19-11-7-10-18-9-3-4-12-20(18)19/h2-14H,15-17H2,1H3,(H,25,28)/b8-2+. The summed E-state index contributed by atoms with van der Waals surface area (Å²) in [7, 11) is 0. The zero-order valence-corrected chi connectivity index (χ0v) is 15.9. The van der Waals surface area contributed by atoms with Crippen molar-refractivity contribution >= 4 is 27.7 Å². The van der Waals surface area contributed by atoms with Gasteiger partial charge in [0.05, 0.1) is 11.0 Å². The number of amides is 1. The number of nitrogens with one attached hydrogen (secondary N) is 1. The molecule has 1 heterocycles. The van der Waals surface area contributed by atoms with Gasteiger partial charge in [0, 0.05) is 19.5 Å². The SMILES string of the molecule is C/C=C/C(=O)NCCc1nc2ccccc2n1Cc1cccc2ccccc12. The minimum Gasteiger partial charge on any atom is -0.352 e. The number of para-hydroxylation sites is 2. The Balaban J connectivity index is 1.68. The summed E-state index contributed by atoms with van der Waals surface area (Å²) in [5.74, 6) is 0.911. The van der Waals surface area contributed by atoms with Gasteiger partial charge in [-0.25, -0.2) is 4.98 Å². The molecule has 0 aliphatic carbocycles. The Morgan fingerprint density at radius 1 is 1.04 bits per heavy atom. The molecule has 4 rings (SSSR count). The first-order valence-corrected chi connectivity index (χ1v) is 9.57. The van der Waals surface area contributed by atoms with E-state index in [1.807, 2.05) is 25.1 Å². The van der Waals surface area contributed by atoms with Gasteiger partial charge < -0.3 is 9.88 Å². The summed E-state index contributed by atoms with van der Waals surface area (Å²) in [4.78, 5) is 16.5. The van der Waals surface area contributed by atoms with Gasteiger partial charge in [0.15, 0.2) is 0 Å². The van der Waals surface area contributed by atoms with Crippen molar-refractivity contribution in [3.05, 3.63) is 90.3 Å². The minimum absolute atomic E-state index is 0.0702. The molecule has 1 amide bonds. The number of allylic oxidation sites excluding steroid dienone is 1. The topological polar surface area (TPSA) is 46.9 Å². The fraction of sp³-hybridized carbons (Fsp3) is 0.167. The van der Waals surface area contributed by atoms with Crippen LogP contribution in [0.3, 0.4) is 0 Å². The van der Waals surface area contributed by atoms with Gasteiger partial charge in [-0.05, 0) is 41.5 Å². The lowest BCUT2D eigenvalue weighted by Crippen LogP contribution is -2.24.